The van der Waals surface area contributed by atoms with Gasteiger partial charge >= 0.3 is 11.9 Å². The number of benzene rings is 1. The van der Waals surface area contributed by atoms with Gasteiger partial charge in [0.1, 0.15) is 12.1 Å². The summed E-state index contributed by atoms with van der Waals surface area (Å²) in [6.07, 6.45) is 0.624. The van der Waals surface area contributed by atoms with Crippen molar-refractivity contribution in [3.8, 4) is 0 Å². The smallest absolute Gasteiger partial charge is 0.320 e. The Bertz CT molecular complexity index is 474. The summed E-state index contributed by atoms with van der Waals surface area (Å²) in [6, 6.07) is 8.88. The van der Waals surface area contributed by atoms with Crippen LogP contribution in [0.4, 0.5) is 0 Å². The standard InChI is InChI=1S/C15H19NO4/c1-2-12(10-6-4-3-5-7-10)15(19)20-11-8-13(14(17)18)16-9-11/h3-7,11-13,16H,2,8-9H2,1H3,(H,17,18)/t11-,12?,13+/m1/s1. The summed E-state index contributed by atoms with van der Waals surface area (Å²) in [6.45, 7) is 2.33. The summed E-state index contributed by atoms with van der Waals surface area (Å²) in [4.78, 5) is 23.1. The normalized spacial score (nSPS) is 23.2. The molecule has 0 spiro atoms. The maximum absolute atomic E-state index is 12.2. The molecule has 1 saturated heterocycles. The van der Waals surface area contributed by atoms with Crippen LogP contribution >= 0.6 is 0 Å². The van der Waals surface area contributed by atoms with E-state index in [1.54, 1.807) is 0 Å². The number of nitrogens with one attached hydrogen (secondary N) is 1. The van der Waals surface area contributed by atoms with E-state index in [-0.39, 0.29) is 18.0 Å². The number of carbonyl (C=O) groups excluding carboxylic acids is 1. The first-order valence-corrected chi connectivity index (χ1v) is 6.83. The van der Waals surface area contributed by atoms with Crippen LogP contribution in [-0.2, 0) is 14.3 Å². The third-order valence-corrected chi connectivity index (χ3v) is 3.57. The molecule has 0 aromatic heterocycles. The Labute approximate surface area is 117 Å². The van der Waals surface area contributed by atoms with Crippen LogP contribution in [0, 0.1) is 0 Å². The monoisotopic (exact) mass is 277 g/mol. The number of aliphatic carboxylic acids is 1. The first-order valence-electron chi connectivity index (χ1n) is 6.83. The molecule has 1 heterocycles. The molecular weight excluding hydrogens is 258 g/mol. The fourth-order valence-electron chi connectivity index (χ4n) is 2.45. The molecule has 2 N–H and O–H groups in total. The van der Waals surface area contributed by atoms with Crippen molar-refractivity contribution in [2.75, 3.05) is 6.54 Å². The second-order valence-electron chi connectivity index (χ2n) is 4.97. The number of ether oxygens (including phenoxy) is 1. The Morgan fingerprint density at radius 3 is 2.65 bits per heavy atom. The molecule has 108 valence electrons. The Kier molecular flexibility index (Phi) is 4.74. The van der Waals surface area contributed by atoms with Gasteiger partial charge in [-0.2, -0.15) is 0 Å². The highest BCUT2D eigenvalue weighted by Crippen LogP contribution is 2.23. The maximum Gasteiger partial charge on any atom is 0.320 e. The van der Waals surface area contributed by atoms with E-state index in [1.807, 2.05) is 37.3 Å². The molecule has 0 saturated carbocycles. The first-order chi connectivity index (χ1) is 9.61. The van der Waals surface area contributed by atoms with Gasteiger partial charge in [0.25, 0.3) is 0 Å². The van der Waals surface area contributed by atoms with Gasteiger partial charge in [0, 0.05) is 13.0 Å². The second kappa shape index (κ2) is 6.52. The molecular formula is C15H19NO4. The molecule has 1 unspecified atom stereocenters. The third-order valence-electron chi connectivity index (χ3n) is 3.57. The van der Waals surface area contributed by atoms with Gasteiger partial charge in [0.05, 0.1) is 5.92 Å². The number of rotatable bonds is 5. The highest BCUT2D eigenvalue weighted by Gasteiger charge is 2.33. The van der Waals surface area contributed by atoms with Gasteiger partial charge in [0.2, 0.25) is 0 Å². The van der Waals surface area contributed by atoms with E-state index in [9.17, 15) is 9.59 Å². The largest absolute Gasteiger partial charge is 0.480 e. The van der Waals surface area contributed by atoms with Crippen molar-refractivity contribution >= 4 is 11.9 Å². The van der Waals surface area contributed by atoms with Crippen LogP contribution in [0.1, 0.15) is 31.2 Å². The fraction of sp³-hybridized carbons (Fsp3) is 0.467. The minimum absolute atomic E-state index is 0.281. The SMILES string of the molecule is CCC(C(=O)O[C@H]1CN[C@H](C(=O)O)C1)c1ccccc1. The van der Waals surface area contributed by atoms with Crippen LogP contribution in [0.2, 0.25) is 0 Å². The molecule has 0 bridgehead atoms. The molecule has 1 fully saturated rings. The molecule has 3 atom stereocenters. The average molecular weight is 277 g/mol. The fourth-order valence-corrected chi connectivity index (χ4v) is 2.45. The summed E-state index contributed by atoms with van der Waals surface area (Å²) < 4.78 is 5.43. The molecule has 0 radical (unpaired) electrons. The lowest BCUT2D eigenvalue weighted by Crippen LogP contribution is -2.30. The molecule has 2 rings (SSSR count). The first kappa shape index (κ1) is 14.5. The number of hydrogen-bond acceptors (Lipinski definition) is 4. The molecule has 1 aliphatic rings. The summed E-state index contributed by atoms with van der Waals surface area (Å²) in [5.74, 6) is -1.48. The number of hydrogen-bond donors (Lipinski definition) is 2. The van der Waals surface area contributed by atoms with Crippen LogP contribution in [0.15, 0.2) is 30.3 Å². The highest BCUT2D eigenvalue weighted by molar-refractivity contribution is 5.78. The summed E-state index contributed by atoms with van der Waals surface area (Å²) in [5.41, 5.74) is 0.931. The predicted octanol–water partition coefficient (Wildman–Crippen LogP) is 1.54. The Balaban J connectivity index is 1.96. The van der Waals surface area contributed by atoms with Crippen molar-refractivity contribution in [2.24, 2.45) is 0 Å². The minimum Gasteiger partial charge on any atom is -0.480 e. The molecule has 1 aromatic rings. The van der Waals surface area contributed by atoms with E-state index in [4.69, 9.17) is 9.84 Å². The van der Waals surface area contributed by atoms with Crippen molar-refractivity contribution in [3.63, 3.8) is 0 Å². The number of carbonyl (C=O) groups is 2. The van der Waals surface area contributed by atoms with Crippen molar-refractivity contribution in [1.82, 2.24) is 5.32 Å². The molecule has 20 heavy (non-hydrogen) atoms. The second-order valence-corrected chi connectivity index (χ2v) is 4.97. The zero-order chi connectivity index (χ0) is 14.5. The van der Waals surface area contributed by atoms with Gasteiger partial charge in [-0.3, -0.25) is 9.59 Å². The van der Waals surface area contributed by atoms with Gasteiger partial charge in [-0.25, -0.2) is 0 Å². The van der Waals surface area contributed by atoms with Gasteiger partial charge in [0.15, 0.2) is 0 Å². The van der Waals surface area contributed by atoms with Gasteiger partial charge < -0.3 is 15.2 Å². The lowest BCUT2D eigenvalue weighted by molar-refractivity contribution is -0.151. The molecule has 1 aliphatic heterocycles. The van der Waals surface area contributed by atoms with E-state index < -0.39 is 12.0 Å². The van der Waals surface area contributed by atoms with E-state index in [1.165, 1.54) is 0 Å². The summed E-state index contributed by atoms with van der Waals surface area (Å²) >= 11 is 0. The maximum atomic E-state index is 12.2. The number of carboxylic acid groups (broad SMARTS) is 1. The van der Waals surface area contributed by atoms with Crippen LogP contribution in [0.3, 0.4) is 0 Å². The lowest BCUT2D eigenvalue weighted by Gasteiger charge is -2.17. The van der Waals surface area contributed by atoms with E-state index in [0.29, 0.717) is 19.4 Å². The molecule has 1 aromatic carbocycles. The van der Waals surface area contributed by atoms with Crippen LogP contribution in [0.25, 0.3) is 0 Å². The van der Waals surface area contributed by atoms with Crippen molar-refractivity contribution in [2.45, 2.75) is 37.8 Å². The quantitative estimate of drug-likeness (QED) is 0.798. The topological polar surface area (TPSA) is 75.6 Å². The predicted molar refractivity (Wildman–Crippen MR) is 73.4 cm³/mol. The van der Waals surface area contributed by atoms with Crippen LogP contribution < -0.4 is 5.32 Å². The molecule has 0 amide bonds. The van der Waals surface area contributed by atoms with Gasteiger partial charge in [-0.15, -0.1) is 0 Å². The lowest BCUT2D eigenvalue weighted by atomic mass is 9.97. The molecule has 5 heteroatoms. The third kappa shape index (κ3) is 3.36. The minimum atomic E-state index is -0.904. The Morgan fingerprint density at radius 1 is 1.40 bits per heavy atom. The Hall–Kier alpha value is -1.88. The van der Waals surface area contributed by atoms with Crippen molar-refractivity contribution < 1.29 is 19.4 Å². The Morgan fingerprint density at radius 2 is 2.10 bits per heavy atom. The van der Waals surface area contributed by atoms with E-state index >= 15 is 0 Å². The van der Waals surface area contributed by atoms with Gasteiger partial charge in [-0.05, 0) is 12.0 Å². The number of carboxylic acids is 1. The van der Waals surface area contributed by atoms with Crippen molar-refractivity contribution in [3.05, 3.63) is 35.9 Å². The van der Waals surface area contributed by atoms with E-state index in [2.05, 4.69) is 5.32 Å². The van der Waals surface area contributed by atoms with E-state index in [0.717, 1.165) is 5.56 Å². The zero-order valence-corrected chi connectivity index (χ0v) is 11.4. The average Bonchev–Trinajstić information content (AvgIpc) is 2.89. The summed E-state index contributed by atoms with van der Waals surface area (Å²) in [5, 5.41) is 11.7. The molecule has 5 nitrogen and oxygen atoms in total. The molecule has 0 aliphatic carbocycles. The van der Waals surface area contributed by atoms with Crippen molar-refractivity contribution in [1.29, 1.82) is 0 Å². The van der Waals surface area contributed by atoms with Gasteiger partial charge in [-0.1, -0.05) is 37.3 Å². The highest BCUT2D eigenvalue weighted by atomic mass is 16.5. The summed E-state index contributed by atoms with van der Waals surface area (Å²) in [7, 11) is 0. The van der Waals surface area contributed by atoms with Crippen LogP contribution in [0.5, 0.6) is 0 Å². The van der Waals surface area contributed by atoms with Crippen LogP contribution in [-0.4, -0.2) is 35.7 Å². The zero-order valence-electron chi connectivity index (χ0n) is 11.4. The number of esters is 1.